The minimum Gasteiger partial charge on any atom is -0.427 e. The summed E-state index contributed by atoms with van der Waals surface area (Å²) in [5.74, 6) is -1.61. The van der Waals surface area contributed by atoms with E-state index in [4.69, 9.17) is 9.15 Å². The molecule has 0 fully saturated rings. The van der Waals surface area contributed by atoms with Crippen molar-refractivity contribution in [1.29, 1.82) is 0 Å². The highest BCUT2D eigenvalue weighted by Gasteiger charge is 2.16. The highest BCUT2D eigenvalue weighted by molar-refractivity contribution is 5.92. The van der Waals surface area contributed by atoms with Crippen LogP contribution >= 0.6 is 0 Å². The Labute approximate surface area is 129 Å². The van der Waals surface area contributed by atoms with Crippen LogP contribution in [0.15, 0.2) is 45.9 Å². The van der Waals surface area contributed by atoms with Crippen LogP contribution in [0.1, 0.15) is 23.0 Å². The molecule has 1 amide bonds. The first-order chi connectivity index (χ1) is 11.0. The van der Waals surface area contributed by atoms with Crippen LogP contribution in [0.5, 0.6) is 5.75 Å². The molecule has 9 heteroatoms. The van der Waals surface area contributed by atoms with E-state index in [1.165, 1.54) is 19.2 Å². The van der Waals surface area contributed by atoms with Crippen molar-refractivity contribution >= 4 is 24.0 Å². The zero-order valence-corrected chi connectivity index (χ0v) is 11.9. The molecular weight excluding hydrogens is 306 g/mol. The summed E-state index contributed by atoms with van der Waals surface area (Å²) in [7, 11) is 0. The van der Waals surface area contributed by atoms with Crippen LogP contribution in [0.4, 0.5) is 5.88 Å². The molecule has 0 spiro atoms. The van der Waals surface area contributed by atoms with Crippen LogP contribution in [-0.4, -0.2) is 23.0 Å². The van der Waals surface area contributed by atoms with Gasteiger partial charge in [0.1, 0.15) is 10.7 Å². The predicted octanol–water partition coefficient (Wildman–Crippen LogP) is 1.88. The van der Waals surface area contributed by atoms with E-state index in [2.05, 4.69) is 10.5 Å². The maximum Gasteiger partial charge on any atom is 0.433 e. The molecule has 0 aliphatic heterocycles. The van der Waals surface area contributed by atoms with Gasteiger partial charge in [-0.3, -0.25) is 19.7 Å². The summed E-state index contributed by atoms with van der Waals surface area (Å²) in [6.07, 6.45) is 1.32. The number of hydrogen-bond acceptors (Lipinski definition) is 7. The number of hydrogen-bond donors (Lipinski definition) is 1. The van der Waals surface area contributed by atoms with E-state index in [9.17, 15) is 19.7 Å². The van der Waals surface area contributed by atoms with Gasteiger partial charge in [-0.25, -0.2) is 5.43 Å². The van der Waals surface area contributed by atoms with E-state index in [1.807, 2.05) is 0 Å². The van der Waals surface area contributed by atoms with Crippen molar-refractivity contribution in [2.45, 2.75) is 6.92 Å². The average Bonchev–Trinajstić information content (AvgIpc) is 2.97. The van der Waals surface area contributed by atoms with Gasteiger partial charge >= 0.3 is 17.8 Å². The SMILES string of the molecule is CC(=O)Oc1cccc(C=NNC(=O)c2ccc([N+](=O)[O-])o2)c1. The van der Waals surface area contributed by atoms with Gasteiger partial charge < -0.3 is 9.15 Å². The van der Waals surface area contributed by atoms with Gasteiger partial charge in [-0.15, -0.1) is 0 Å². The first-order valence-electron chi connectivity index (χ1n) is 6.32. The minimum atomic E-state index is -0.749. The van der Waals surface area contributed by atoms with Crippen molar-refractivity contribution in [3.05, 3.63) is 57.8 Å². The number of ether oxygens (including phenoxy) is 1. The summed E-state index contributed by atoms with van der Waals surface area (Å²) in [4.78, 5) is 32.2. The average molecular weight is 317 g/mol. The number of nitro groups is 1. The molecule has 0 unspecified atom stereocenters. The Morgan fingerprint density at radius 1 is 1.35 bits per heavy atom. The molecule has 0 saturated heterocycles. The number of furan rings is 1. The Morgan fingerprint density at radius 3 is 2.78 bits per heavy atom. The van der Waals surface area contributed by atoms with Crippen molar-refractivity contribution in [3.63, 3.8) is 0 Å². The largest absolute Gasteiger partial charge is 0.433 e. The Hall–Kier alpha value is -3.49. The van der Waals surface area contributed by atoms with Crippen molar-refractivity contribution in [2.75, 3.05) is 0 Å². The smallest absolute Gasteiger partial charge is 0.427 e. The number of hydrazone groups is 1. The van der Waals surface area contributed by atoms with E-state index in [-0.39, 0.29) is 5.76 Å². The topological polar surface area (TPSA) is 124 Å². The molecule has 0 bridgehead atoms. The number of benzene rings is 1. The summed E-state index contributed by atoms with van der Waals surface area (Å²) in [6, 6.07) is 8.72. The second-order valence-electron chi connectivity index (χ2n) is 4.26. The molecule has 23 heavy (non-hydrogen) atoms. The van der Waals surface area contributed by atoms with Gasteiger partial charge in [0.2, 0.25) is 5.76 Å². The predicted molar refractivity (Wildman–Crippen MR) is 78.2 cm³/mol. The van der Waals surface area contributed by atoms with Crippen molar-refractivity contribution < 1.29 is 23.7 Å². The van der Waals surface area contributed by atoms with Gasteiger partial charge in [0, 0.05) is 6.92 Å². The summed E-state index contributed by atoms with van der Waals surface area (Å²) < 4.78 is 9.64. The Morgan fingerprint density at radius 2 is 2.13 bits per heavy atom. The fourth-order valence-corrected chi connectivity index (χ4v) is 1.59. The first kappa shape index (κ1) is 15.9. The molecule has 0 aliphatic carbocycles. The molecule has 9 nitrogen and oxygen atoms in total. The number of nitrogens with zero attached hydrogens (tertiary/aromatic N) is 2. The molecule has 2 aromatic rings. The van der Waals surface area contributed by atoms with Crippen molar-refractivity contribution in [3.8, 4) is 5.75 Å². The maximum atomic E-state index is 11.7. The molecule has 118 valence electrons. The number of esters is 1. The van der Waals surface area contributed by atoms with Gasteiger partial charge in [-0.2, -0.15) is 5.10 Å². The van der Waals surface area contributed by atoms with Gasteiger partial charge in [0.15, 0.2) is 0 Å². The number of amides is 1. The highest BCUT2D eigenvalue weighted by Crippen LogP contribution is 2.15. The number of carbonyl (C=O) groups is 2. The zero-order chi connectivity index (χ0) is 16.8. The molecule has 2 rings (SSSR count). The standard InChI is InChI=1S/C14H11N3O6/c1-9(18)22-11-4-2-3-10(7-11)8-15-16-14(19)12-5-6-13(23-12)17(20)21/h2-8H,1H3,(H,16,19). The minimum absolute atomic E-state index is 0.234. The van der Waals surface area contributed by atoms with Gasteiger partial charge in [-0.1, -0.05) is 12.1 Å². The number of carbonyl (C=O) groups excluding carboxylic acids is 2. The normalized spacial score (nSPS) is 10.5. The van der Waals surface area contributed by atoms with E-state index in [1.54, 1.807) is 24.3 Å². The van der Waals surface area contributed by atoms with E-state index >= 15 is 0 Å². The zero-order valence-electron chi connectivity index (χ0n) is 11.9. The van der Waals surface area contributed by atoms with Crippen LogP contribution in [0.2, 0.25) is 0 Å². The van der Waals surface area contributed by atoms with E-state index in [0.29, 0.717) is 11.3 Å². The van der Waals surface area contributed by atoms with Crippen LogP contribution < -0.4 is 10.2 Å². The summed E-state index contributed by atoms with van der Waals surface area (Å²) in [6.45, 7) is 1.28. The van der Waals surface area contributed by atoms with Crippen molar-refractivity contribution in [1.82, 2.24) is 5.43 Å². The van der Waals surface area contributed by atoms with E-state index in [0.717, 1.165) is 6.07 Å². The molecule has 1 aromatic heterocycles. The Kier molecular flexibility index (Phi) is 4.82. The number of rotatable bonds is 5. The lowest BCUT2D eigenvalue weighted by Gasteiger charge is -2.01. The quantitative estimate of drug-likeness (QED) is 0.295. The highest BCUT2D eigenvalue weighted by atomic mass is 16.6. The van der Waals surface area contributed by atoms with Gasteiger partial charge in [0.25, 0.3) is 0 Å². The summed E-state index contributed by atoms with van der Waals surface area (Å²) >= 11 is 0. The monoisotopic (exact) mass is 317 g/mol. The molecule has 0 saturated carbocycles. The molecule has 0 radical (unpaired) electrons. The molecule has 1 aromatic carbocycles. The fraction of sp³-hybridized carbons (Fsp3) is 0.0714. The van der Waals surface area contributed by atoms with Crippen molar-refractivity contribution in [2.24, 2.45) is 5.10 Å². The number of nitrogens with one attached hydrogen (secondary N) is 1. The van der Waals surface area contributed by atoms with Crippen LogP contribution in [0.3, 0.4) is 0 Å². The maximum absolute atomic E-state index is 11.7. The van der Waals surface area contributed by atoms with E-state index < -0.39 is 22.7 Å². The Balaban J connectivity index is 1.99. The molecule has 0 aliphatic rings. The van der Waals surface area contributed by atoms with Gasteiger partial charge in [0.05, 0.1) is 12.3 Å². The third kappa shape index (κ3) is 4.49. The summed E-state index contributed by atoms with van der Waals surface area (Å²) in [5.41, 5.74) is 2.74. The van der Waals surface area contributed by atoms with Crippen LogP contribution in [-0.2, 0) is 4.79 Å². The Bertz CT molecular complexity index is 780. The lowest BCUT2D eigenvalue weighted by Crippen LogP contribution is -2.16. The molecule has 1 N–H and O–H groups in total. The van der Waals surface area contributed by atoms with Gasteiger partial charge in [-0.05, 0) is 23.8 Å². The second kappa shape index (κ2) is 6.98. The molecule has 0 atom stereocenters. The third-order valence-electron chi connectivity index (χ3n) is 2.49. The van der Waals surface area contributed by atoms with Crippen LogP contribution in [0.25, 0.3) is 0 Å². The van der Waals surface area contributed by atoms with Crippen LogP contribution in [0, 0.1) is 10.1 Å². The second-order valence-corrected chi connectivity index (χ2v) is 4.26. The summed E-state index contributed by atoms with van der Waals surface area (Å²) in [5, 5.41) is 14.2. The first-order valence-corrected chi connectivity index (χ1v) is 6.32. The molecule has 1 heterocycles. The fourth-order valence-electron chi connectivity index (χ4n) is 1.59. The lowest BCUT2D eigenvalue weighted by molar-refractivity contribution is -0.402. The molecular formula is C14H11N3O6. The third-order valence-corrected chi connectivity index (χ3v) is 2.49. The lowest BCUT2D eigenvalue weighted by atomic mass is 10.2.